The van der Waals surface area contributed by atoms with Gasteiger partial charge < -0.3 is 4.90 Å². The average Bonchev–Trinajstić information content (AvgIpc) is 2.77. The molecule has 0 atom stereocenters. The summed E-state index contributed by atoms with van der Waals surface area (Å²) in [5, 5.41) is 1.02. The quantitative estimate of drug-likeness (QED) is 0.584. The molecule has 0 bridgehead atoms. The Labute approximate surface area is 136 Å². The zero-order valence-electron chi connectivity index (χ0n) is 12.6. The summed E-state index contributed by atoms with van der Waals surface area (Å²) in [4.78, 5) is 14.9. The Hall–Kier alpha value is -0.830. The fourth-order valence-corrected chi connectivity index (χ4v) is 4.58. The summed E-state index contributed by atoms with van der Waals surface area (Å²) in [6.45, 7) is 1.80. The molecule has 0 spiro atoms. The Morgan fingerprint density at radius 1 is 1.10 bits per heavy atom. The van der Waals surface area contributed by atoms with Gasteiger partial charge in [-0.25, -0.2) is 0 Å². The molecular weight excluding hydrogens is 326 g/mol. The Morgan fingerprint density at radius 2 is 1.81 bits per heavy atom. The van der Waals surface area contributed by atoms with Gasteiger partial charge >= 0.3 is 0 Å². The molecule has 3 rings (SSSR count). The van der Waals surface area contributed by atoms with Crippen LogP contribution in [0.2, 0.25) is 0 Å². The van der Waals surface area contributed by atoms with Gasteiger partial charge in [0.25, 0.3) is 5.91 Å². The first kappa shape index (κ1) is 15.1. The van der Waals surface area contributed by atoms with E-state index in [1.165, 1.54) is 44.1 Å². The van der Waals surface area contributed by atoms with Gasteiger partial charge in [0.15, 0.2) is 0 Å². The van der Waals surface area contributed by atoms with Crippen LogP contribution >= 0.6 is 15.9 Å². The number of hydrogen-bond donors (Lipinski definition) is 0. The van der Waals surface area contributed by atoms with Crippen LogP contribution in [0.25, 0.3) is 0 Å². The Bertz CT molecular complexity index is 506. The van der Waals surface area contributed by atoms with Crippen molar-refractivity contribution in [2.75, 3.05) is 18.4 Å². The second-order valence-corrected chi connectivity index (χ2v) is 7.24. The molecular formula is C18H24BrNO. The lowest BCUT2D eigenvalue weighted by atomic mass is 9.81. The molecule has 0 aromatic heterocycles. The minimum absolute atomic E-state index is 0.237. The van der Waals surface area contributed by atoms with Gasteiger partial charge in [0.05, 0.1) is 0 Å². The van der Waals surface area contributed by atoms with Gasteiger partial charge in [-0.3, -0.25) is 4.79 Å². The van der Waals surface area contributed by atoms with Crippen LogP contribution in [0, 0.1) is 5.41 Å². The first-order chi connectivity index (χ1) is 10.2. The Morgan fingerprint density at radius 3 is 2.52 bits per heavy atom. The van der Waals surface area contributed by atoms with E-state index in [-0.39, 0.29) is 5.91 Å². The predicted molar refractivity (Wildman–Crippen MR) is 90.0 cm³/mol. The number of halogens is 1. The van der Waals surface area contributed by atoms with Gasteiger partial charge in [-0.1, -0.05) is 59.8 Å². The van der Waals surface area contributed by atoms with E-state index in [2.05, 4.69) is 26.9 Å². The van der Waals surface area contributed by atoms with Crippen LogP contribution in [0.3, 0.4) is 0 Å². The van der Waals surface area contributed by atoms with E-state index in [0.29, 0.717) is 5.41 Å². The van der Waals surface area contributed by atoms with Gasteiger partial charge in [0.2, 0.25) is 0 Å². The second kappa shape index (κ2) is 6.51. The van der Waals surface area contributed by atoms with Crippen molar-refractivity contribution in [2.24, 2.45) is 5.41 Å². The number of carbonyl (C=O) groups is 1. The van der Waals surface area contributed by atoms with Crippen molar-refractivity contribution in [2.45, 2.75) is 44.9 Å². The molecule has 2 nitrogen and oxygen atoms in total. The number of carbonyl (C=O) groups excluding carboxylic acids is 1. The smallest absolute Gasteiger partial charge is 0.254 e. The van der Waals surface area contributed by atoms with Crippen molar-refractivity contribution in [3.8, 4) is 0 Å². The highest BCUT2D eigenvalue weighted by molar-refractivity contribution is 9.09. The van der Waals surface area contributed by atoms with E-state index in [4.69, 9.17) is 0 Å². The molecule has 0 radical (unpaired) electrons. The molecule has 1 fully saturated rings. The van der Waals surface area contributed by atoms with Crippen LogP contribution < -0.4 is 0 Å². The zero-order chi connectivity index (χ0) is 14.7. The Kier molecular flexibility index (Phi) is 4.68. The van der Waals surface area contributed by atoms with Crippen molar-refractivity contribution in [3.63, 3.8) is 0 Å². The van der Waals surface area contributed by atoms with E-state index in [1.54, 1.807) is 0 Å². The number of nitrogens with zero attached hydrogens (tertiary/aromatic N) is 1. The normalized spacial score (nSPS) is 21.8. The fourth-order valence-electron chi connectivity index (χ4n) is 3.84. The maximum atomic E-state index is 12.7. The molecule has 1 saturated carbocycles. The third kappa shape index (κ3) is 3.18. The molecule has 21 heavy (non-hydrogen) atoms. The zero-order valence-corrected chi connectivity index (χ0v) is 14.2. The molecule has 0 unspecified atom stereocenters. The average molecular weight is 350 g/mol. The van der Waals surface area contributed by atoms with Crippen LogP contribution in [0.1, 0.15) is 54.4 Å². The molecule has 1 amide bonds. The molecule has 3 heteroatoms. The monoisotopic (exact) mass is 349 g/mol. The molecule has 1 aromatic rings. The van der Waals surface area contributed by atoms with E-state index >= 15 is 0 Å². The van der Waals surface area contributed by atoms with Gasteiger partial charge in [0, 0.05) is 24.0 Å². The van der Waals surface area contributed by atoms with Crippen LogP contribution in [-0.2, 0) is 6.42 Å². The van der Waals surface area contributed by atoms with E-state index in [0.717, 1.165) is 30.4 Å². The van der Waals surface area contributed by atoms with Gasteiger partial charge in [0.1, 0.15) is 0 Å². The highest BCUT2D eigenvalue weighted by Crippen LogP contribution is 2.38. The van der Waals surface area contributed by atoms with Gasteiger partial charge in [-0.05, 0) is 36.3 Å². The minimum Gasteiger partial charge on any atom is -0.338 e. The summed E-state index contributed by atoms with van der Waals surface area (Å²) < 4.78 is 0. The molecule has 1 aromatic carbocycles. The molecule has 2 aliphatic rings. The molecule has 1 aliphatic heterocycles. The summed E-state index contributed by atoms with van der Waals surface area (Å²) >= 11 is 3.74. The first-order valence-electron chi connectivity index (χ1n) is 8.17. The van der Waals surface area contributed by atoms with Crippen molar-refractivity contribution in [1.82, 2.24) is 4.90 Å². The highest BCUT2D eigenvalue weighted by Gasteiger charge is 2.35. The first-order valence-corrected chi connectivity index (χ1v) is 9.29. The summed E-state index contributed by atoms with van der Waals surface area (Å²) in [5.74, 6) is 0.237. The van der Waals surface area contributed by atoms with Crippen molar-refractivity contribution >= 4 is 21.8 Å². The predicted octanol–water partition coefficient (Wildman–Crippen LogP) is 4.42. The van der Waals surface area contributed by atoms with E-state index < -0.39 is 0 Å². The molecule has 0 saturated heterocycles. The second-order valence-electron chi connectivity index (χ2n) is 6.68. The maximum absolute atomic E-state index is 12.7. The number of hydrogen-bond acceptors (Lipinski definition) is 1. The largest absolute Gasteiger partial charge is 0.338 e. The number of amides is 1. The summed E-state index contributed by atoms with van der Waals surface area (Å²) in [5.41, 5.74) is 2.42. The van der Waals surface area contributed by atoms with E-state index in [1.807, 2.05) is 18.2 Å². The standard InChI is InChI=1S/C18H24BrNO/c19-13-18(10-5-1-2-6-11-18)14-20-12-9-15-7-3-4-8-16(15)17(20)21/h3-4,7-8H,1-2,5-6,9-14H2. The number of fused-ring (bicyclic) bond motifs is 1. The summed E-state index contributed by atoms with van der Waals surface area (Å²) in [6.07, 6.45) is 8.83. The lowest BCUT2D eigenvalue weighted by Crippen LogP contribution is -2.45. The SMILES string of the molecule is O=C1c2ccccc2CCN1CC1(CBr)CCCCCC1. The van der Waals surface area contributed by atoms with Crippen molar-refractivity contribution in [3.05, 3.63) is 35.4 Å². The summed E-state index contributed by atoms with van der Waals surface area (Å²) in [7, 11) is 0. The van der Waals surface area contributed by atoms with Crippen molar-refractivity contribution in [1.29, 1.82) is 0 Å². The highest BCUT2D eigenvalue weighted by atomic mass is 79.9. The number of rotatable bonds is 3. The molecule has 0 N–H and O–H groups in total. The third-order valence-electron chi connectivity index (χ3n) is 5.16. The Balaban J connectivity index is 1.77. The number of alkyl halides is 1. The topological polar surface area (TPSA) is 20.3 Å². The van der Waals surface area contributed by atoms with Crippen LogP contribution in [0.15, 0.2) is 24.3 Å². The van der Waals surface area contributed by atoms with Gasteiger partial charge in [-0.15, -0.1) is 0 Å². The fraction of sp³-hybridized carbons (Fsp3) is 0.611. The van der Waals surface area contributed by atoms with Crippen molar-refractivity contribution < 1.29 is 4.79 Å². The van der Waals surface area contributed by atoms with Crippen LogP contribution in [0.4, 0.5) is 0 Å². The van der Waals surface area contributed by atoms with Crippen LogP contribution in [0.5, 0.6) is 0 Å². The van der Waals surface area contributed by atoms with E-state index in [9.17, 15) is 4.79 Å². The molecule has 1 heterocycles. The van der Waals surface area contributed by atoms with Crippen LogP contribution in [-0.4, -0.2) is 29.2 Å². The molecule has 114 valence electrons. The summed E-state index contributed by atoms with van der Waals surface area (Å²) in [6, 6.07) is 8.09. The number of benzene rings is 1. The third-order valence-corrected chi connectivity index (χ3v) is 6.35. The lowest BCUT2D eigenvalue weighted by molar-refractivity contribution is 0.0640. The minimum atomic E-state index is 0.237. The van der Waals surface area contributed by atoms with Gasteiger partial charge in [-0.2, -0.15) is 0 Å². The maximum Gasteiger partial charge on any atom is 0.254 e. The molecule has 1 aliphatic carbocycles. The lowest BCUT2D eigenvalue weighted by Gasteiger charge is -2.39.